The van der Waals surface area contributed by atoms with Gasteiger partial charge in [-0.1, -0.05) is 174 Å². The van der Waals surface area contributed by atoms with Gasteiger partial charge in [0.2, 0.25) is 0 Å². The van der Waals surface area contributed by atoms with Crippen LogP contribution >= 0.6 is 7.82 Å². The van der Waals surface area contributed by atoms with Gasteiger partial charge in [0.05, 0.1) is 6.61 Å². The highest BCUT2D eigenvalue weighted by Gasteiger charge is 2.51. The lowest BCUT2D eigenvalue weighted by atomic mass is 9.85. The summed E-state index contributed by atoms with van der Waals surface area (Å²) in [6, 6.07) is 0. The molecule has 8 atom stereocenters. The van der Waals surface area contributed by atoms with Crippen LogP contribution in [-0.2, 0) is 32.7 Å². The van der Waals surface area contributed by atoms with E-state index in [1.165, 1.54) is 122 Å². The first kappa shape index (κ1) is 52.9. The summed E-state index contributed by atoms with van der Waals surface area (Å²) in [7, 11) is -5.10. The van der Waals surface area contributed by atoms with E-state index in [-0.39, 0.29) is 12.8 Å². The van der Waals surface area contributed by atoms with Gasteiger partial charge < -0.3 is 39.9 Å². The molecule has 13 nitrogen and oxygen atoms in total. The molecule has 0 heterocycles. The van der Waals surface area contributed by atoms with Gasteiger partial charge in [-0.3, -0.25) is 18.6 Å². The highest BCUT2D eigenvalue weighted by molar-refractivity contribution is 7.47. The molecule has 0 aromatic carbocycles. The number of ether oxygens (including phenoxy) is 2. The molecule has 332 valence electrons. The molecule has 0 radical (unpaired) electrons. The molecule has 14 heteroatoms. The molecule has 0 bridgehead atoms. The number of esters is 2. The number of aliphatic hydroxyl groups is 5. The lowest BCUT2D eigenvalue weighted by Gasteiger charge is -2.41. The average molecular weight is 825 g/mol. The number of hydrogen-bond acceptors (Lipinski definition) is 12. The summed E-state index contributed by atoms with van der Waals surface area (Å²) in [4.78, 5) is 35.6. The Kier molecular flexibility index (Phi) is 31.8. The quantitative estimate of drug-likeness (QED) is 0.0199. The van der Waals surface area contributed by atoms with E-state index >= 15 is 0 Å². The fraction of sp³-hybridized carbons (Fsp3) is 0.952. The first-order chi connectivity index (χ1) is 26.9. The number of hydrogen-bond donors (Lipinski definition) is 6. The minimum atomic E-state index is -5.10. The summed E-state index contributed by atoms with van der Waals surface area (Å²) < 4.78 is 33.5. The zero-order chi connectivity index (χ0) is 41.4. The molecule has 0 aromatic heterocycles. The maximum atomic E-state index is 12.8. The summed E-state index contributed by atoms with van der Waals surface area (Å²) in [6.45, 7) is 3.30. The number of aliphatic hydroxyl groups excluding tert-OH is 5. The van der Waals surface area contributed by atoms with Gasteiger partial charge in [0, 0.05) is 12.8 Å². The van der Waals surface area contributed by atoms with Gasteiger partial charge in [-0.25, -0.2) is 4.57 Å². The fourth-order valence-corrected chi connectivity index (χ4v) is 8.03. The van der Waals surface area contributed by atoms with Crippen LogP contribution in [0.4, 0.5) is 0 Å². The van der Waals surface area contributed by atoms with Crippen molar-refractivity contribution < 1.29 is 63.1 Å². The maximum Gasteiger partial charge on any atom is 0.472 e. The van der Waals surface area contributed by atoms with E-state index in [2.05, 4.69) is 13.8 Å². The zero-order valence-corrected chi connectivity index (χ0v) is 35.8. The van der Waals surface area contributed by atoms with Crippen LogP contribution < -0.4 is 0 Å². The SMILES string of the molecule is CCCCCCCCCCCCCCCCCC(=O)OC[C@H](COP(=O)(O)OC1C(O)C(O)C(O)[C@@H](O)C1O)OC(=O)CCCCCCCCCCCCCC. The molecular weight excluding hydrogens is 743 g/mol. The Bertz CT molecular complexity index is 1000. The van der Waals surface area contributed by atoms with Crippen LogP contribution in [0.5, 0.6) is 0 Å². The number of unbranched alkanes of at least 4 members (excludes halogenated alkanes) is 25. The molecular formula is C42H81O13P. The second-order valence-corrected chi connectivity index (χ2v) is 17.3. The first-order valence-electron chi connectivity index (χ1n) is 22.3. The van der Waals surface area contributed by atoms with Crippen molar-refractivity contribution in [2.75, 3.05) is 13.2 Å². The Labute approximate surface area is 338 Å². The van der Waals surface area contributed by atoms with Crippen LogP contribution in [0.1, 0.15) is 200 Å². The van der Waals surface area contributed by atoms with Gasteiger partial charge >= 0.3 is 19.8 Å². The summed E-state index contributed by atoms with van der Waals surface area (Å²) in [5.74, 6) is -1.09. The molecule has 1 rings (SSSR count). The Balaban J connectivity index is 2.46. The molecule has 1 aliphatic carbocycles. The summed E-state index contributed by atoms with van der Waals surface area (Å²) >= 11 is 0. The third kappa shape index (κ3) is 26.1. The van der Waals surface area contributed by atoms with Gasteiger partial charge in [0.25, 0.3) is 0 Å². The van der Waals surface area contributed by atoms with Gasteiger partial charge in [-0.2, -0.15) is 0 Å². The Morgan fingerprint density at radius 1 is 0.482 bits per heavy atom. The minimum Gasteiger partial charge on any atom is -0.462 e. The van der Waals surface area contributed by atoms with Crippen LogP contribution in [-0.4, -0.2) is 98.3 Å². The normalized spacial score (nSPS) is 22.8. The van der Waals surface area contributed by atoms with Crippen molar-refractivity contribution >= 4 is 19.8 Å². The van der Waals surface area contributed by atoms with Crippen LogP contribution in [0.2, 0.25) is 0 Å². The zero-order valence-electron chi connectivity index (χ0n) is 34.9. The number of carbonyl (C=O) groups excluding carboxylic acids is 2. The van der Waals surface area contributed by atoms with Crippen molar-refractivity contribution in [1.82, 2.24) is 0 Å². The van der Waals surface area contributed by atoms with Crippen molar-refractivity contribution in [1.29, 1.82) is 0 Å². The monoisotopic (exact) mass is 825 g/mol. The van der Waals surface area contributed by atoms with Gasteiger partial charge in [-0.15, -0.1) is 0 Å². The second-order valence-electron chi connectivity index (χ2n) is 15.9. The van der Waals surface area contributed by atoms with E-state index in [1.54, 1.807) is 0 Å². The molecule has 1 saturated carbocycles. The number of rotatable bonds is 37. The maximum absolute atomic E-state index is 12.8. The Hall–Kier alpha value is -1.15. The standard InChI is InChI=1S/C42H81O13P/c1-3-5-7-9-11-13-15-17-18-19-21-22-24-26-28-30-35(43)52-32-34(54-36(44)31-29-27-25-23-20-16-14-12-10-8-6-4-2)33-53-56(50,51)55-42-40(48)38(46)37(45)39(47)41(42)49/h34,37-42,45-49H,3-33H2,1-2H3,(H,50,51)/t34-,37?,38-,39?,40?,41?,42?/m1/s1. The molecule has 56 heavy (non-hydrogen) atoms. The number of phosphoric acid groups is 1. The summed E-state index contributed by atoms with van der Waals surface area (Å²) in [5.41, 5.74) is 0. The smallest absolute Gasteiger partial charge is 0.462 e. The third-order valence-corrected chi connectivity index (χ3v) is 11.7. The highest BCUT2D eigenvalue weighted by Crippen LogP contribution is 2.47. The van der Waals surface area contributed by atoms with E-state index < -0.39 is 75.7 Å². The van der Waals surface area contributed by atoms with Crippen molar-refractivity contribution in [3.8, 4) is 0 Å². The van der Waals surface area contributed by atoms with Crippen molar-refractivity contribution in [2.24, 2.45) is 0 Å². The molecule has 1 fully saturated rings. The topological polar surface area (TPSA) is 210 Å². The average Bonchev–Trinajstić information content (AvgIpc) is 3.18. The van der Waals surface area contributed by atoms with E-state index in [4.69, 9.17) is 18.5 Å². The molecule has 0 saturated heterocycles. The first-order valence-corrected chi connectivity index (χ1v) is 23.8. The molecule has 6 unspecified atom stereocenters. The predicted octanol–water partition coefficient (Wildman–Crippen LogP) is 8.11. The van der Waals surface area contributed by atoms with Crippen molar-refractivity contribution in [3.63, 3.8) is 0 Å². The predicted molar refractivity (Wildman–Crippen MR) is 217 cm³/mol. The molecule has 0 aliphatic heterocycles. The van der Waals surface area contributed by atoms with Gasteiger partial charge in [0.1, 0.15) is 43.2 Å². The van der Waals surface area contributed by atoms with Crippen molar-refractivity contribution in [2.45, 2.75) is 243 Å². The van der Waals surface area contributed by atoms with Gasteiger partial charge in [0.15, 0.2) is 6.10 Å². The largest absolute Gasteiger partial charge is 0.472 e. The van der Waals surface area contributed by atoms with Crippen LogP contribution in [0, 0.1) is 0 Å². The minimum absolute atomic E-state index is 0.104. The van der Waals surface area contributed by atoms with E-state index in [9.17, 15) is 44.6 Å². The summed E-state index contributed by atoms with van der Waals surface area (Å²) in [5, 5.41) is 50.0. The Morgan fingerprint density at radius 2 is 0.804 bits per heavy atom. The Morgan fingerprint density at radius 3 is 1.18 bits per heavy atom. The van der Waals surface area contributed by atoms with E-state index in [0.29, 0.717) is 12.8 Å². The number of carbonyl (C=O) groups is 2. The highest BCUT2D eigenvalue weighted by atomic mass is 31.2. The van der Waals surface area contributed by atoms with Crippen LogP contribution in [0.3, 0.4) is 0 Å². The molecule has 0 spiro atoms. The van der Waals surface area contributed by atoms with Crippen molar-refractivity contribution in [3.05, 3.63) is 0 Å². The molecule has 0 amide bonds. The number of phosphoric ester groups is 1. The molecule has 0 aromatic rings. The van der Waals surface area contributed by atoms with E-state index in [1.807, 2.05) is 0 Å². The second kappa shape index (κ2) is 33.7. The van der Waals surface area contributed by atoms with Gasteiger partial charge in [-0.05, 0) is 12.8 Å². The fourth-order valence-electron chi connectivity index (χ4n) is 7.05. The third-order valence-electron chi connectivity index (χ3n) is 10.7. The lowest BCUT2D eigenvalue weighted by molar-refractivity contribution is -0.220. The lowest BCUT2D eigenvalue weighted by Crippen LogP contribution is -2.64. The molecule has 6 N–H and O–H groups in total. The summed E-state index contributed by atoms with van der Waals surface area (Å²) in [6.07, 6.45) is 18.8. The van der Waals surface area contributed by atoms with Crippen LogP contribution in [0.15, 0.2) is 0 Å². The van der Waals surface area contributed by atoms with E-state index in [0.717, 1.165) is 38.5 Å². The molecule has 1 aliphatic rings. The van der Waals surface area contributed by atoms with Crippen LogP contribution in [0.25, 0.3) is 0 Å².